The normalized spacial score (nSPS) is 12.4. The quantitative estimate of drug-likeness (QED) is 0.668. The first kappa shape index (κ1) is 13.2. The summed E-state index contributed by atoms with van der Waals surface area (Å²) in [6.45, 7) is 0. The molecule has 2 rings (SSSR count). The highest BCUT2D eigenvalue weighted by Crippen LogP contribution is 2.28. The van der Waals surface area contributed by atoms with E-state index in [1.54, 1.807) is 36.8 Å². The highest BCUT2D eigenvalue weighted by Gasteiger charge is 2.15. The van der Waals surface area contributed by atoms with E-state index in [2.05, 4.69) is 15.4 Å². The zero-order chi connectivity index (χ0) is 13.0. The average Bonchev–Trinajstić information content (AvgIpc) is 2.40. The molecule has 4 nitrogen and oxygen atoms in total. The first-order chi connectivity index (χ1) is 8.72. The molecule has 0 spiro atoms. The Morgan fingerprint density at radius 2 is 1.94 bits per heavy atom. The van der Waals surface area contributed by atoms with Crippen LogP contribution in [0.15, 0.2) is 36.8 Å². The number of nitrogens with one attached hydrogen (secondary N) is 1. The second-order valence-corrected chi connectivity index (χ2v) is 4.57. The van der Waals surface area contributed by atoms with Crippen molar-refractivity contribution in [2.24, 2.45) is 5.84 Å². The van der Waals surface area contributed by atoms with Gasteiger partial charge in [0.25, 0.3) is 0 Å². The molecule has 6 heteroatoms. The van der Waals surface area contributed by atoms with E-state index in [4.69, 9.17) is 29.0 Å². The lowest BCUT2D eigenvalue weighted by Gasteiger charge is -2.16. The fourth-order valence-electron chi connectivity index (χ4n) is 1.67. The first-order valence-corrected chi connectivity index (χ1v) is 6.13. The van der Waals surface area contributed by atoms with Crippen LogP contribution in [0.5, 0.6) is 0 Å². The van der Waals surface area contributed by atoms with Crippen molar-refractivity contribution in [1.29, 1.82) is 0 Å². The molecule has 1 heterocycles. The molecule has 0 bridgehead atoms. The predicted octanol–water partition coefficient (Wildman–Crippen LogP) is 2.53. The zero-order valence-electron chi connectivity index (χ0n) is 9.48. The molecule has 1 atom stereocenters. The molecule has 18 heavy (non-hydrogen) atoms. The molecular weight excluding hydrogens is 271 g/mol. The van der Waals surface area contributed by atoms with Crippen molar-refractivity contribution in [2.75, 3.05) is 0 Å². The molecule has 0 aliphatic carbocycles. The van der Waals surface area contributed by atoms with Gasteiger partial charge in [0.15, 0.2) is 0 Å². The Balaban J connectivity index is 2.26. The van der Waals surface area contributed by atoms with Crippen molar-refractivity contribution in [1.82, 2.24) is 15.4 Å². The van der Waals surface area contributed by atoms with Crippen LogP contribution in [0.4, 0.5) is 0 Å². The van der Waals surface area contributed by atoms with Crippen LogP contribution >= 0.6 is 23.2 Å². The fourth-order valence-corrected chi connectivity index (χ4v) is 2.22. The summed E-state index contributed by atoms with van der Waals surface area (Å²) in [5, 5.41) is 1.23. The molecule has 0 aliphatic rings. The number of rotatable bonds is 4. The molecule has 94 valence electrons. The molecule has 1 unspecified atom stereocenters. The minimum atomic E-state index is -0.184. The number of benzene rings is 1. The Bertz CT molecular complexity index is 498. The average molecular weight is 283 g/mol. The highest BCUT2D eigenvalue weighted by atomic mass is 35.5. The van der Waals surface area contributed by atoms with E-state index in [0.717, 1.165) is 11.3 Å². The van der Waals surface area contributed by atoms with Gasteiger partial charge < -0.3 is 0 Å². The molecule has 3 N–H and O–H groups in total. The number of hydrogen-bond donors (Lipinski definition) is 2. The summed E-state index contributed by atoms with van der Waals surface area (Å²) in [4.78, 5) is 8.23. The summed E-state index contributed by atoms with van der Waals surface area (Å²) in [5.41, 5.74) is 4.29. The molecule has 0 saturated carbocycles. The largest absolute Gasteiger partial charge is 0.271 e. The monoisotopic (exact) mass is 282 g/mol. The Morgan fingerprint density at radius 1 is 1.22 bits per heavy atom. The summed E-state index contributed by atoms with van der Waals surface area (Å²) < 4.78 is 0. The minimum absolute atomic E-state index is 0.184. The van der Waals surface area contributed by atoms with Gasteiger partial charge in [-0.3, -0.25) is 21.2 Å². The van der Waals surface area contributed by atoms with Gasteiger partial charge >= 0.3 is 0 Å². The lowest BCUT2D eigenvalue weighted by atomic mass is 10.0. The maximum absolute atomic E-state index is 6.13. The summed E-state index contributed by atoms with van der Waals surface area (Å²) in [6.07, 6.45) is 5.44. The number of nitrogens with two attached hydrogens (primary N) is 1. The third kappa shape index (κ3) is 2.97. The van der Waals surface area contributed by atoms with E-state index in [0.29, 0.717) is 16.5 Å². The fraction of sp³-hybridized carbons (Fsp3) is 0.167. The molecule has 1 aromatic heterocycles. The van der Waals surface area contributed by atoms with Gasteiger partial charge in [0.2, 0.25) is 0 Å². The van der Waals surface area contributed by atoms with Crippen molar-refractivity contribution >= 4 is 23.2 Å². The van der Waals surface area contributed by atoms with E-state index in [-0.39, 0.29) is 6.04 Å². The maximum Gasteiger partial charge on any atom is 0.0772 e. The molecular formula is C12H12Cl2N4. The van der Waals surface area contributed by atoms with Gasteiger partial charge in [0.1, 0.15) is 0 Å². The summed E-state index contributed by atoms with van der Waals surface area (Å²) >= 11 is 12.3. The second kappa shape index (κ2) is 6.11. The van der Waals surface area contributed by atoms with Crippen molar-refractivity contribution in [2.45, 2.75) is 12.5 Å². The summed E-state index contributed by atoms with van der Waals surface area (Å²) in [5.74, 6) is 5.55. The van der Waals surface area contributed by atoms with Crippen LogP contribution in [0, 0.1) is 0 Å². The molecule has 0 amide bonds. The zero-order valence-corrected chi connectivity index (χ0v) is 11.0. The molecule has 0 aliphatic heterocycles. The van der Waals surface area contributed by atoms with Gasteiger partial charge in [-0.2, -0.15) is 0 Å². The SMILES string of the molecule is NNC(Cc1c(Cl)cccc1Cl)c1cnccn1. The second-order valence-electron chi connectivity index (χ2n) is 3.75. The Labute approximate surface area is 115 Å². The summed E-state index contributed by atoms with van der Waals surface area (Å²) in [7, 11) is 0. The number of nitrogens with zero attached hydrogens (tertiary/aromatic N) is 2. The van der Waals surface area contributed by atoms with Crippen LogP contribution in [0.1, 0.15) is 17.3 Å². The van der Waals surface area contributed by atoms with E-state index in [9.17, 15) is 0 Å². The smallest absolute Gasteiger partial charge is 0.0772 e. The standard InChI is InChI=1S/C12H12Cl2N4/c13-9-2-1-3-10(14)8(9)6-11(18-15)12-7-16-4-5-17-12/h1-5,7,11,18H,6,15H2. The van der Waals surface area contributed by atoms with Gasteiger partial charge in [-0.15, -0.1) is 0 Å². The van der Waals surface area contributed by atoms with Gasteiger partial charge in [0.05, 0.1) is 17.9 Å². The third-order valence-electron chi connectivity index (χ3n) is 2.61. The topological polar surface area (TPSA) is 63.8 Å². The van der Waals surface area contributed by atoms with Crippen LogP contribution in [-0.2, 0) is 6.42 Å². The third-order valence-corrected chi connectivity index (χ3v) is 3.32. The number of aromatic nitrogens is 2. The Morgan fingerprint density at radius 3 is 2.50 bits per heavy atom. The molecule has 0 fully saturated rings. The van der Waals surface area contributed by atoms with Gasteiger partial charge in [-0.25, -0.2) is 0 Å². The van der Waals surface area contributed by atoms with Crippen LogP contribution in [0.2, 0.25) is 10.0 Å². The van der Waals surface area contributed by atoms with Crippen LogP contribution < -0.4 is 11.3 Å². The lowest BCUT2D eigenvalue weighted by Crippen LogP contribution is -2.30. The molecule has 0 saturated heterocycles. The maximum atomic E-state index is 6.13. The molecule has 0 radical (unpaired) electrons. The van der Waals surface area contributed by atoms with Crippen LogP contribution in [0.25, 0.3) is 0 Å². The van der Waals surface area contributed by atoms with Crippen molar-refractivity contribution in [3.8, 4) is 0 Å². The van der Waals surface area contributed by atoms with Crippen LogP contribution in [-0.4, -0.2) is 9.97 Å². The van der Waals surface area contributed by atoms with E-state index in [1.807, 2.05) is 0 Å². The lowest BCUT2D eigenvalue weighted by molar-refractivity contribution is 0.536. The van der Waals surface area contributed by atoms with Gasteiger partial charge in [0, 0.05) is 22.4 Å². The number of hydrogen-bond acceptors (Lipinski definition) is 4. The van der Waals surface area contributed by atoms with Crippen molar-refractivity contribution in [3.05, 3.63) is 58.1 Å². The van der Waals surface area contributed by atoms with Gasteiger partial charge in [-0.1, -0.05) is 29.3 Å². The number of hydrazine groups is 1. The van der Waals surface area contributed by atoms with Crippen molar-refractivity contribution in [3.63, 3.8) is 0 Å². The van der Waals surface area contributed by atoms with Crippen LogP contribution in [0.3, 0.4) is 0 Å². The van der Waals surface area contributed by atoms with E-state index < -0.39 is 0 Å². The summed E-state index contributed by atoms with van der Waals surface area (Å²) in [6, 6.07) is 5.22. The Kier molecular flexibility index (Phi) is 4.49. The minimum Gasteiger partial charge on any atom is -0.271 e. The molecule has 1 aromatic carbocycles. The Hall–Kier alpha value is -1.20. The van der Waals surface area contributed by atoms with E-state index in [1.165, 1.54) is 0 Å². The predicted molar refractivity (Wildman–Crippen MR) is 72.3 cm³/mol. The first-order valence-electron chi connectivity index (χ1n) is 5.37. The van der Waals surface area contributed by atoms with E-state index >= 15 is 0 Å². The number of halogens is 2. The van der Waals surface area contributed by atoms with Crippen molar-refractivity contribution < 1.29 is 0 Å². The highest BCUT2D eigenvalue weighted by molar-refractivity contribution is 6.36. The molecule has 2 aromatic rings. The van der Waals surface area contributed by atoms with Gasteiger partial charge in [-0.05, 0) is 24.1 Å².